The van der Waals surface area contributed by atoms with E-state index < -0.39 is 11.3 Å². The maximum absolute atomic E-state index is 13.5. The standard InChI is InChI=1S/C31H33N5O2/c1-5-21(18-35(3)4)12-10-20(2)11-15-26-23-14-13-22(16-27(23)34-33-26)25-17-31(25)24-8-6-7-9-28(24)36(30(31)38)19-29(32)37/h5-16,25H,2,17-19H2,1,3-4H3,(H2,32,37)(H,33,34)/b12-10-,15-11+,21-5+/t25-,31-/m0/s1. The van der Waals surface area contributed by atoms with Crippen LogP contribution in [0.4, 0.5) is 5.69 Å². The van der Waals surface area contributed by atoms with Gasteiger partial charge in [0.2, 0.25) is 11.8 Å². The van der Waals surface area contributed by atoms with E-state index >= 15 is 0 Å². The molecule has 194 valence electrons. The highest BCUT2D eigenvalue weighted by molar-refractivity contribution is 6.13. The molecule has 5 rings (SSSR count). The Morgan fingerprint density at radius 3 is 2.76 bits per heavy atom. The van der Waals surface area contributed by atoms with Crippen LogP contribution >= 0.6 is 0 Å². The Labute approximate surface area is 223 Å². The Hall–Kier alpha value is -4.23. The summed E-state index contributed by atoms with van der Waals surface area (Å²) in [5.41, 5.74) is 11.5. The average molecular weight is 508 g/mol. The van der Waals surface area contributed by atoms with Crippen LogP contribution in [0.1, 0.15) is 36.1 Å². The van der Waals surface area contributed by atoms with Crippen LogP contribution < -0.4 is 10.6 Å². The van der Waals surface area contributed by atoms with Gasteiger partial charge in [-0.2, -0.15) is 5.10 Å². The van der Waals surface area contributed by atoms with Crippen molar-refractivity contribution in [2.24, 2.45) is 5.73 Å². The molecule has 1 spiro atoms. The van der Waals surface area contributed by atoms with Gasteiger partial charge in [0.1, 0.15) is 6.54 Å². The summed E-state index contributed by atoms with van der Waals surface area (Å²) < 4.78 is 0. The molecule has 0 bridgehead atoms. The van der Waals surface area contributed by atoms with Crippen molar-refractivity contribution < 1.29 is 9.59 Å². The van der Waals surface area contributed by atoms with Gasteiger partial charge in [-0.25, -0.2) is 0 Å². The Balaban J connectivity index is 1.35. The quantitative estimate of drug-likeness (QED) is 0.418. The second-order valence-corrected chi connectivity index (χ2v) is 10.4. The number of allylic oxidation sites excluding steroid dienone is 4. The zero-order chi connectivity index (χ0) is 27.0. The van der Waals surface area contributed by atoms with Crippen LogP contribution in [0.2, 0.25) is 0 Å². The van der Waals surface area contributed by atoms with Crippen molar-refractivity contribution in [1.29, 1.82) is 0 Å². The molecule has 2 aromatic carbocycles. The number of hydrogen-bond donors (Lipinski definition) is 2. The lowest BCUT2D eigenvalue weighted by molar-refractivity contribution is -0.123. The van der Waals surface area contributed by atoms with Gasteiger partial charge in [-0.1, -0.05) is 61.2 Å². The summed E-state index contributed by atoms with van der Waals surface area (Å²) in [6.45, 7) is 6.94. The van der Waals surface area contributed by atoms with Crippen molar-refractivity contribution in [1.82, 2.24) is 15.1 Å². The lowest BCUT2D eigenvalue weighted by Crippen LogP contribution is -2.39. The number of rotatable bonds is 9. The normalized spacial score (nSPS) is 20.9. The Bertz CT molecular complexity index is 1530. The van der Waals surface area contributed by atoms with Gasteiger partial charge in [0.25, 0.3) is 0 Å². The summed E-state index contributed by atoms with van der Waals surface area (Å²) >= 11 is 0. The van der Waals surface area contributed by atoms with Crippen molar-refractivity contribution in [3.8, 4) is 0 Å². The second-order valence-electron chi connectivity index (χ2n) is 10.4. The van der Waals surface area contributed by atoms with Gasteiger partial charge in [-0.3, -0.25) is 14.7 Å². The first-order valence-corrected chi connectivity index (χ1v) is 12.8. The molecule has 2 heterocycles. The molecule has 1 aromatic heterocycles. The molecule has 2 amide bonds. The van der Waals surface area contributed by atoms with E-state index in [9.17, 15) is 9.59 Å². The lowest BCUT2D eigenvalue weighted by atomic mass is 9.92. The van der Waals surface area contributed by atoms with Crippen LogP contribution in [0.3, 0.4) is 0 Å². The predicted molar refractivity (Wildman–Crippen MR) is 153 cm³/mol. The number of aromatic amines is 1. The molecule has 0 radical (unpaired) electrons. The van der Waals surface area contributed by atoms with E-state index in [2.05, 4.69) is 52.0 Å². The average Bonchev–Trinajstić information content (AvgIpc) is 3.46. The van der Waals surface area contributed by atoms with E-state index in [4.69, 9.17) is 5.73 Å². The number of nitrogens with two attached hydrogens (primary N) is 1. The third-order valence-electron chi connectivity index (χ3n) is 7.43. The summed E-state index contributed by atoms with van der Waals surface area (Å²) in [5.74, 6) is -0.529. The van der Waals surface area contributed by atoms with Gasteiger partial charge in [-0.15, -0.1) is 0 Å². The predicted octanol–water partition coefficient (Wildman–Crippen LogP) is 4.45. The number of nitrogens with zero attached hydrogens (tertiary/aromatic N) is 3. The number of carbonyl (C=O) groups is 2. The monoisotopic (exact) mass is 507 g/mol. The van der Waals surface area contributed by atoms with Gasteiger partial charge >= 0.3 is 0 Å². The number of anilines is 1. The van der Waals surface area contributed by atoms with Crippen LogP contribution in [0.25, 0.3) is 17.0 Å². The first-order valence-electron chi connectivity index (χ1n) is 12.8. The van der Waals surface area contributed by atoms with Gasteiger partial charge in [0.05, 0.1) is 16.6 Å². The number of fused-ring (bicyclic) bond motifs is 3. The van der Waals surface area contributed by atoms with Crippen LogP contribution in [0, 0.1) is 0 Å². The summed E-state index contributed by atoms with van der Waals surface area (Å²) in [6.07, 6.45) is 10.8. The lowest BCUT2D eigenvalue weighted by Gasteiger charge is -2.16. The number of carbonyl (C=O) groups excluding carboxylic acids is 2. The Kier molecular flexibility index (Phi) is 6.63. The molecule has 7 heteroatoms. The number of primary amides is 1. The second kappa shape index (κ2) is 9.91. The summed E-state index contributed by atoms with van der Waals surface area (Å²) in [5, 5.41) is 8.65. The number of amides is 2. The molecule has 0 unspecified atom stereocenters. The Morgan fingerprint density at radius 1 is 1.24 bits per heavy atom. The van der Waals surface area contributed by atoms with Crippen LogP contribution in [-0.4, -0.2) is 54.1 Å². The zero-order valence-electron chi connectivity index (χ0n) is 22.1. The van der Waals surface area contributed by atoms with Crippen molar-refractivity contribution in [3.63, 3.8) is 0 Å². The van der Waals surface area contributed by atoms with E-state index in [1.807, 2.05) is 63.5 Å². The van der Waals surface area contributed by atoms with Gasteiger partial charge < -0.3 is 15.5 Å². The SMILES string of the molecule is C=C(/C=C\C(=C/C)CN(C)C)/C=C/c1n[nH]c2cc([C@@H]3C[C@@]34C(=O)N(CC(N)=O)c3ccccc34)ccc12. The van der Waals surface area contributed by atoms with E-state index in [-0.39, 0.29) is 18.4 Å². The maximum atomic E-state index is 13.5. The number of aromatic nitrogens is 2. The molecular formula is C31H33N5O2. The topological polar surface area (TPSA) is 95.3 Å². The fourth-order valence-corrected chi connectivity index (χ4v) is 5.53. The fraction of sp³-hybridized carbons (Fsp3) is 0.258. The van der Waals surface area contributed by atoms with Gasteiger partial charge in [-0.05, 0) is 67.9 Å². The molecule has 3 N–H and O–H groups in total. The molecule has 38 heavy (non-hydrogen) atoms. The zero-order valence-corrected chi connectivity index (χ0v) is 22.1. The van der Waals surface area contributed by atoms with Gasteiger partial charge in [0, 0.05) is 23.5 Å². The van der Waals surface area contributed by atoms with Crippen LogP contribution in [0.5, 0.6) is 0 Å². The van der Waals surface area contributed by atoms with E-state index in [0.29, 0.717) is 6.42 Å². The van der Waals surface area contributed by atoms with Gasteiger partial charge in [0.15, 0.2) is 0 Å². The summed E-state index contributed by atoms with van der Waals surface area (Å²) in [4.78, 5) is 28.8. The molecule has 1 aliphatic carbocycles. The van der Waals surface area contributed by atoms with Crippen molar-refractivity contribution >= 4 is 34.5 Å². The Morgan fingerprint density at radius 2 is 2.03 bits per heavy atom. The molecule has 1 fully saturated rings. The minimum absolute atomic E-state index is 0.0358. The number of likely N-dealkylation sites (N-methyl/N-ethyl adjacent to an activating group) is 1. The largest absolute Gasteiger partial charge is 0.368 e. The third kappa shape index (κ3) is 4.50. The molecule has 1 aliphatic heterocycles. The molecular weight excluding hydrogens is 474 g/mol. The van der Waals surface area contributed by atoms with Crippen LogP contribution in [0.15, 0.2) is 84.5 Å². The first-order chi connectivity index (χ1) is 18.2. The maximum Gasteiger partial charge on any atom is 0.238 e. The molecule has 3 aromatic rings. The number of benzene rings is 2. The minimum atomic E-state index is -0.634. The summed E-state index contributed by atoms with van der Waals surface area (Å²) in [7, 11) is 4.10. The van der Waals surface area contributed by atoms with Crippen LogP contribution in [-0.2, 0) is 15.0 Å². The van der Waals surface area contributed by atoms with Crippen molar-refractivity contribution in [3.05, 3.63) is 101 Å². The van der Waals surface area contributed by atoms with E-state index in [0.717, 1.165) is 45.5 Å². The smallest absolute Gasteiger partial charge is 0.238 e. The number of nitrogens with one attached hydrogen (secondary N) is 1. The summed E-state index contributed by atoms with van der Waals surface area (Å²) in [6, 6.07) is 13.9. The molecule has 2 atom stereocenters. The first kappa shape index (κ1) is 25.4. The van der Waals surface area contributed by atoms with Crippen molar-refractivity contribution in [2.75, 3.05) is 32.1 Å². The highest BCUT2D eigenvalue weighted by Crippen LogP contribution is 2.66. The van der Waals surface area contributed by atoms with E-state index in [1.54, 1.807) is 0 Å². The molecule has 1 saturated carbocycles. The fourth-order valence-electron chi connectivity index (χ4n) is 5.53. The van der Waals surface area contributed by atoms with Crippen molar-refractivity contribution in [2.45, 2.75) is 24.7 Å². The molecule has 0 saturated heterocycles. The highest BCUT2D eigenvalue weighted by Gasteiger charge is 2.67. The number of H-pyrrole nitrogens is 1. The third-order valence-corrected chi connectivity index (χ3v) is 7.43. The highest BCUT2D eigenvalue weighted by atomic mass is 16.2. The number of para-hydroxylation sites is 1. The minimum Gasteiger partial charge on any atom is -0.368 e. The number of hydrogen-bond acceptors (Lipinski definition) is 4. The molecule has 2 aliphatic rings. The van der Waals surface area contributed by atoms with E-state index in [1.165, 1.54) is 10.5 Å². The molecule has 7 nitrogen and oxygen atoms in total.